The molecule has 0 radical (unpaired) electrons. The largest absolute Gasteiger partial charge is 0.342 e. The van der Waals surface area contributed by atoms with Crippen LogP contribution in [0.3, 0.4) is 0 Å². The Labute approximate surface area is 108 Å². The predicted octanol–water partition coefficient (Wildman–Crippen LogP) is 2.68. The second-order valence-corrected chi connectivity index (χ2v) is 5.59. The van der Waals surface area contributed by atoms with Crippen molar-refractivity contribution < 1.29 is 0 Å². The van der Waals surface area contributed by atoms with E-state index in [4.69, 9.17) is 0 Å². The molecule has 0 unspecified atom stereocenters. The van der Waals surface area contributed by atoms with E-state index in [1.807, 2.05) is 6.92 Å². The van der Waals surface area contributed by atoms with Gasteiger partial charge in [0.05, 0.1) is 11.0 Å². The lowest BCUT2D eigenvalue weighted by molar-refractivity contribution is 0.233. The Morgan fingerprint density at radius 3 is 2.50 bits per heavy atom. The minimum absolute atomic E-state index is 0.643. The van der Waals surface area contributed by atoms with Crippen LogP contribution < -0.4 is 0 Å². The molecule has 3 heteroatoms. The Balaban J connectivity index is 1.97. The molecule has 2 aromatic rings. The highest BCUT2D eigenvalue weighted by atomic mass is 15.1. The summed E-state index contributed by atoms with van der Waals surface area (Å²) in [5.74, 6) is 1.01. The number of rotatable bonds is 1. The highest BCUT2D eigenvalue weighted by molar-refractivity contribution is 5.77. The van der Waals surface area contributed by atoms with E-state index >= 15 is 0 Å². The Kier molecular flexibility index (Phi) is 2.86. The number of aromatic nitrogens is 2. The lowest BCUT2D eigenvalue weighted by atomic mass is 10.0. The van der Waals surface area contributed by atoms with Crippen molar-refractivity contribution in [2.45, 2.75) is 39.7 Å². The van der Waals surface area contributed by atoms with Crippen molar-refractivity contribution in [1.82, 2.24) is 14.9 Å². The maximum Gasteiger partial charge on any atom is 0.104 e. The number of aryl methyl sites for hydroxylation is 1. The Morgan fingerprint density at radius 1 is 1.17 bits per heavy atom. The molecule has 3 rings (SSSR count). The van der Waals surface area contributed by atoms with Gasteiger partial charge in [-0.1, -0.05) is 0 Å². The molecule has 1 aromatic heterocycles. The topological polar surface area (TPSA) is 31.9 Å². The van der Waals surface area contributed by atoms with Crippen molar-refractivity contribution in [2.75, 3.05) is 13.1 Å². The summed E-state index contributed by atoms with van der Waals surface area (Å²) in [5, 5.41) is 0. The van der Waals surface area contributed by atoms with Crippen molar-refractivity contribution in [3.05, 3.63) is 29.1 Å². The van der Waals surface area contributed by atoms with Gasteiger partial charge in [-0.05, 0) is 56.9 Å². The van der Waals surface area contributed by atoms with Crippen LogP contribution in [0.5, 0.6) is 0 Å². The molecule has 0 spiro atoms. The van der Waals surface area contributed by atoms with Gasteiger partial charge in [-0.15, -0.1) is 0 Å². The molecule has 0 saturated carbocycles. The number of hydrogen-bond donors (Lipinski definition) is 1. The van der Waals surface area contributed by atoms with E-state index in [9.17, 15) is 0 Å². The van der Waals surface area contributed by atoms with Crippen LogP contribution in [-0.4, -0.2) is 34.0 Å². The Bertz CT molecular complexity index is 523. The first kappa shape index (κ1) is 11.7. The fourth-order valence-corrected chi connectivity index (χ4v) is 2.89. The highest BCUT2D eigenvalue weighted by Crippen LogP contribution is 2.22. The monoisotopic (exact) mass is 243 g/mol. The van der Waals surface area contributed by atoms with Crippen LogP contribution in [0.2, 0.25) is 0 Å². The zero-order chi connectivity index (χ0) is 12.7. The quantitative estimate of drug-likeness (QED) is 0.835. The van der Waals surface area contributed by atoms with Crippen LogP contribution in [0.15, 0.2) is 12.1 Å². The molecule has 96 valence electrons. The molecule has 3 nitrogen and oxygen atoms in total. The zero-order valence-electron chi connectivity index (χ0n) is 11.5. The molecule has 1 N–H and O–H groups in total. The number of hydrogen-bond acceptors (Lipinski definition) is 2. The van der Waals surface area contributed by atoms with Gasteiger partial charge in [0.2, 0.25) is 0 Å². The van der Waals surface area contributed by atoms with E-state index in [2.05, 4.69) is 40.8 Å². The first-order chi connectivity index (χ1) is 8.63. The number of benzene rings is 1. The van der Waals surface area contributed by atoms with Gasteiger partial charge < -0.3 is 9.88 Å². The van der Waals surface area contributed by atoms with Crippen molar-refractivity contribution in [3.63, 3.8) is 0 Å². The van der Waals surface area contributed by atoms with Gasteiger partial charge >= 0.3 is 0 Å². The molecule has 0 bridgehead atoms. The Morgan fingerprint density at radius 2 is 1.83 bits per heavy atom. The lowest BCUT2D eigenvalue weighted by Gasteiger charge is -2.23. The predicted molar refractivity (Wildman–Crippen MR) is 74.9 cm³/mol. The Hall–Kier alpha value is -1.35. The molecule has 1 aliphatic rings. The first-order valence-electron chi connectivity index (χ1n) is 6.85. The maximum absolute atomic E-state index is 4.54. The zero-order valence-corrected chi connectivity index (χ0v) is 11.5. The van der Waals surface area contributed by atoms with Gasteiger partial charge in [0.1, 0.15) is 5.82 Å². The summed E-state index contributed by atoms with van der Waals surface area (Å²) in [6, 6.07) is 5.22. The number of nitrogens with zero attached hydrogens (tertiary/aromatic N) is 2. The average molecular weight is 243 g/mol. The minimum atomic E-state index is 0.643. The molecule has 0 amide bonds. The van der Waals surface area contributed by atoms with E-state index in [-0.39, 0.29) is 0 Å². The molecule has 1 aromatic carbocycles. The van der Waals surface area contributed by atoms with Crippen LogP contribution in [0.4, 0.5) is 0 Å². The summed E-state index contributed by atoms with van der Waals surface area (Å²) in [6.07, 6.45) is 2.30. The van der Waals surface area contributed by atoms with Crippen molar-refractivity contribution in [2.24, 2.45) is 0 Å². The van der Waals surface area contributed by atoms with Crippen molar-refractivity contribution >= 4 is 11.0 Å². The molecule has 2 heterocycles. The van der Waals surface area contributed by atoms with Crippen molar-refractivity contribution in [1.29, 1.82) is 0 Å². The summed E-state index contributed by atoms with van der Waals surface area (Å²) >= 11 is 0. The van der Waals surface area contributed by atoms with Gasteiger partial charge in [0.15, 0.2) is 0 Å². The number of imidazole rings is 1. The minimum Gasteiger partial charge on any atom is -0.342 e. The number of fused-ring (bicyclic) bond motifs is 2. The molecule has 1 aliphatic heterocycles. The van der Waals surface area contributed by atoms with Crippen LogP contribution in [0.1, 0.15) is 30.8 Å². The summed E-state index contributed by atoms with van der Waals surface area (Å²) in [7, 11) is 0. The third kappa shape index (κ3) is 2.03. The van der Waals surface area contributed by atoms with Gasteiger partial charge in [-0.3, -0.25) is 0 Å². The normalized spacial score (nSPS) is 17.1. The SMILES string of the molecule is Cc1nc2cc3c(cc2[nH]1)CCN(C(C)C)CC3. The van der Waals surface area contributed by atoms with Gasteiger partial charge in [0.25, 0.3) is 0 Å². The smallest absolute Gasteiger partial charge is 0.104 e. The summed E-state index contributed by atoms with van der Waals surface area (Å²) in [5.41, 5.74) is 5.28. The highest BCUT2D eigenvalue weighted by Gasteiger charge is 2.17. The van der Waals surface area contributed by atoms with Crippen LogP contribution >= 0.6 is 0 Å². The van der Waals surface area contributed by atoms with E-state index in [0.29, 0.717) is 6.04 Å². The van der Waals surface area contributed by atoms with E-state index < -0.39 is 0 Å². The fourth-order valence-electron chi connectivity index (χ4n) is 2.89. The summed E-state index contributed by atoms with van der Waals surface area (Å²) in [6.45, 7) is 8.92. The molecule has 0 saturated heterocycles. The summed E-state index contributed by atoms with van der Waals surface area (Å²) in [4.78, 5) is 10.4. The molecule has 0 aliphatic carbocycles. The standard InChI is InChI=1S/C15H21N3/c1-10(2)18-6-4-12-8-14-15(17-11(3)16-14)9-13(12)5-7-18/h8-10H,4-7H2,1-3H3,(H,16,17). The lowest BCUT2D eigenvalue weighted by Crippen LogP contribution is -2.32. The molecule has 18 heavy (non-hydrogen) atoms. The average Bonchev–Trinajstić information content (AvgIpc) is 2.54. The molecule has 0 fully saturated rings. The fraction of sp³-hybridized carbons (Fsp3) is 0.533. The molecular weight excluding hydrogens is 222 g/mol. The number of H-pyrrole nitrogens is 1. The third-order valence-corrected chi connectivity index (χ3v) is 3.99. The number of aromatic amines is 1. The first-order valence-corrected chi connectivity index (χ1v) is 6.85. The van der Waals surface area contributed by atoms with Gasteiger partial charge in [-0.2, -0.15) is 0 Å². The van der Waals surface area contributed by atoms with Crippen LogP contribution in [0.25, 0.3) is 11.0 Å². The van der Waals surface area contributed by atoms with E-state index in [1.54, 1.807) is 0 Å². The van der Waals surface area contributed by atoms with Crippen LogP contribution in [0, 0.1) is 6.92 Å². The van der Waals surface area contributed by atoms with Gasteiger partial charge in [-0.25, -0.2) is 4.98 Å². The van der Waals surface area contributed by atoms with Gasteiger partial charge in [0, 0.05) is 19.1 Å². The summed E-state index contributed by atoms with van der Waals surface area (Å²) < 4.78 is 0. The molecule has 0 atom stereocenters. The molecular formula is C15H21N3. The van der Waals surface area contributed by atoms with Crippen LogP contribution in [-0.2, 0) is 12.8 Å². The second-order valence-electron chi connectivity index (χ2n) is 5.59. The third-order valence-electron chi connectivity index (χ3n) is 3.99. The maximum atomic E-state index is 4.54. The second kappa shape index (κ2) is 4.39. The van der Waals surface area contributed by atoms with E-state index in [1.165, 1.54) is 29.7 Å². The van der Waals surface area contributed by atoms with Crippen molar-refractivity contribution in [3.8, 4) is 0 Å². The number of nitrogens with one attached hydrogen (secondary N) is 1. The van der Waals surface area contributed by atoms with E-state index in [0.717, 1.165) is 24.2 Å².